The number of anilines is 1. The molecular formula is C15H15BrFNO. The number of aryl methyl sites for hydroxylation is 1. The first-order valence-corrected chi connectivity index (χ1v) is 6.83. The van der Waals surface area contributed by atoms with Crippen molar-refractivity contribution in [2.75, 3.05) is 18.5 Å². The minimum atomic E-state index is -0.280. The molecule has 0 spiro atoms. The lowest BCUT2D eigenvalue weighted by Gasteiger charge is -2.10. The Balaban J connectivity index is 1.81. The Bertz CT molecular complexity index is 560. The number of rotatable bonds is 5. The van der Waals surface area contributed by atoms with Gasteiger partial charge in [-0.15, -0.1) is 0 Å². The van der Waals surface area contributed by atoms with Crippen molar-refractivity contribution in [2.24, 2.45) is 0 Å². The number of ether oxygens (including phenoxy) is 1. The van der Waals surface area contributed by atoms with Crippen molar-refractivity contribution in [2.45, 2.75) is 6.92 Å². The van der Waals surface area contributed by atoms with Crippen LogP contribution in [0.1, 0.15) is 5.56 Å². The quantitative estimate of drug-likeness (QED) is 0.824. The van der Waals surface area contributed by atoms with Gasteiger partial charge >= 0.3 is 0 Å². The zero-order valence-electron chi connectivity index (χ0n) is 10.6. The maximum absolute atomic E-state index is 12.9. The van der Waals surface area contributed by atoms with Gasteiger partial charge in [-0.1, -0.05) is 12.1 Å². The lowest BCUT2D eigenvalue weighted by atomic mass is 10.2. The van der Waals surface area contributed by atoms with Gasteiger partial charge in [0.15, 0.2) is 0 Å². The summed E-state index contributed by atoms with van der Waals surface area (Å²) in [5, 5.41) is 3.27. The van der Waals surface area contributed by atoms with Crippen LogP contribution in [0.25, 0.3) is 0 Å². The smallest absolute Gasteiger partial charge is 0.133 e. The van der Waals surface area contributed by atoms with Crippen molar-refractivity contribution in [1.29, 1.82) is 0 Å². The average Bonchev–Trinajstić information content (AvgIpc) is 2.37. The van der Waals surface area contributed by atoms with E-state index in [0.717, 1.165) is 5.69 Å². The number of hydrogen-bond acceptors (Lipinski definition) is 2. The molecule has 0 bridgehead atoms. The van der Waals surface area contributed by atoms with Gasteiger partial charge in [0.05, 0.1) is 4.47 Å². The third kappa shape index (κ3) is 4.24. The molecule has 0 aliphatic rings. The van der Waals surface area contributed by atoms with Crippen LogP contribution in [0.5, 0.6) is 5.75 Å². The van der Waals surface area contributed by atoms with Gasteiger partial charge < -0.3 is 10.1 Å². The van der Waals surface area contributed by atoms with E-state index in [1.165, 1.54) is 17.7 Å². The molecule has 0 saturated heterocycles. The summed E-state index contributed by atoms with van der Waals surface area (Å²) >= 11 is 3.27. The largest absolute Gasteiger partial charge is 0.491 e. The fraction of sp³-hybridized carbons (Fsp3) is 0.200. The standard InChI is InChI=1S/C15H15BrFNO/c1-11-3-2-4-13(9-11)18-7-8-19-15-6-5-12(17)10-14(15)16/h2-6,9-10,18H,7-8H2,1H3. The molecule has 2 aromatic carbocycles. The Hall–Kier alpha value is -1.55. The van der Waals surface area contributed by atoms with E-state index in [2.05, 4.69) is 40.3 Å². The van der Waals surface area contributed by atoms with Crippen molar-refractivity contribution < 1.29 is 9.13 Å². The predicted octanol–water partition coefficient (Wildman–Crippen LogP) is 4.39. The second-order valence-electron chi connectivity index (χ2n) is 4.22. The maximum atomic E-state index is 12.9. The highest BCUT2D eigenvalue weighted by Gasteiger charge is 2.02. The fourth-order valence-electron chi connectivity index (χ4n) is 1.70. The zero-order chi connectivity index (χ0) is 13.7. The van der Waals surface area contributed by atoms with Crippen molar-refractivity contribution >= 4 is 21.6 Å². The third-order valence-electron chi connectivity index (χ3n) is 2.60. The van der Waals surface area contributed by atoms with Crippen LogP contribution in [0, 0.1) is 12.7 Å². The molecule has 0 aromatic heterocycles. The summed E-state index contributed by atoms with van der Waals surface area (Å²) in [5.74, 6) is 0.365. The summed E-state index contributed by atoms with van der Waals surface area (Å²) in [7, 11) is 0. The van der Waals surface area contributed by atoms with Crippen LogP contribution in [-0.4, -0.2) is 13.2 Å². The number of benzene rings is 2. The van der Waals surface area contributed by atoms with Crippen molar-refractivity contribution in [3.63, 3.8) is 0 Å². The Labute approximate surface area is 120 Å². The number of halogens is 2. The molecule has 2 aromatic rings. The monoisotopic (exact) mass is 323 g/mol. The molecule has 19 heavy (non-hydrogen) atoms. The Morgan fingerprint density at radius 3 is 2.79 bits per heavy atom. The molecule has 0 aliphatic heterocycles. The summed E-state index contributed by atoms with van der Waals surface area (Å²) in [6.07, 6.45) is 0. The third-order valence-corrected chi connectivity index (χ3v) is 3.22. The minimum Gasteiger partial charge on any atom is -0.491 e. The molecule has 0 radical (unpaired) electrons. The molecule has 0 atom stereocenters. The molecule has 2 nitrogen and oxygen atoms in total. The highest BCUT2D eigenvalue weighted by atomic mass is 79.9. The van der Waals surface area contributed by atoms with Crippen molar-refractivity contribution in [1.82, 2.24) is 0 Å². The number of nitrogens with one attached hydrogen (secondary N) is 1. The Kier molecular flexibility index (Phi) is 4.80. The van der Waals surface area contributed by atoms with Gasteiger partial charge in [-0.3, -0.25) is 0 Å². The van der Waals surface area contributed by atoms with Gasteiger partial charge in [0.2, 0.25) is 0 Å². The van der Waals surface area contributed by atoms with Gasteiger partial charge in [-0.2, -0.15) is 0 Å². The van der Waals surface area contributed by atoms with Crippen LogP contribution in [0.15, 0.2) is 46.9 Å². The first kappa shape index (κ1) is 13.9. The lowest BCUT2D eigenvalue weighted by Crippen LogP contribution is -2.11. The van der Waals surface area contributed by atoms with Gasteiger partial charge in [0, 0.05) is 12.2 Å². The Morgan fingerprint density at radius 1 is 1.21 bits per heavy atom. The van der Waals surface area contributed by atoms with E-state index in [4.69, 9.17) is 4.74 Å². The zero-order valence-corrected chi connectivity index (χ0v) is 12.2. The summed E-state index contributed by atoms with van der Waals surface area (Å²) in [6.45, 7) is 3.25. The van der Waals surface area contributed by atoms with Crippen molar-refractivity contribution in [3.8, 4) is 5.75 Å². The van der Waals surface area contributed by atoms with Gasteiger partial charge in [0.25, 0.3) is 0 Å². The SMILES string of the molecule is Cc1cccc(NCCOc2ccc(F)cc2Br)c1. The Morgan fingerprint density at radius 2 is 2.05 bits per heavy atom. The van der Waals surface area contributed by atoms with E-state index in [0.29, 0.717) is 23.4 Å². The molecule has 0 aliphatic carbocycles. The first-order chi connectivity index (χ1) is 9.15. The van der Waals surface area contributed by atoms with E-state index in [9.17, 15) is 4.39 Å². The molecule has 0 heterocycles. The molecule has 1 N–H and O–H groups in total. The lowest BCUT2D eigenvalue weighted by molar-refractivity contribution is 0.330. The van der Waals surface area contributed by atoms with Crippen LogP contribution in [-0.2, 0) is 0 Å². The molecule has 0 amide bonds. The van der Waals surface area contributed by atoms with Crippen LogP contribution in [0.4, 0.5) is 10.1 Å². The topological polar surface area (TPSA) is 21.3 Å². The van der Waals surface area contributed by atoms with E-state index in [1.807, 2.05) is 12.1 Å². The van der Waals surface area contributed by atoms with Crippen LogP contribution in [0.2, 0.25) is 0 Å². The minimum absolute atomic E-state index is 0.280. The predicted molar refractivity (Wildman–Crippen MR) is 79.3 cm³/mol. The summed E-state index contributed by atoms with van der Waals surface area (Å²) in [4.78, 5) is 0. The van der Waals surface area contributed by atoms with E-state index >= 15 is 0 Å². The summed E-state index contributed by atoms with van der Waals surface area (Å²) < 4.78 is 19.1. The molecule has 100 valence electrons. The summed E-state index contributed by atoms with van der Waals surface area (Å²) in [6, 6.07) is 12.5. The molecule has 0 fully saturated rings. The van der Waals surface area contributed by atoms with E-state index in [1.54, 1.807) is 6.07 Å². The maximum Gasteiger partial charge on any atom is 0.133 e. The first-order valence-electron chi connectivity index (χ1n) is 6.03. The highest BCUT2D eigenvalue weighted by molar-refractivity contribution is 9.10. The number of hydrogen-bond donors (Lipinski definition) is 1. The highest BCUT2D eigenvalue weighted by Crippen LogP contribution is 2.25. The molecule has 4 heteroatoms. The van der Waals surface area contributed by atoms with Gasteiger partial charge in [-0.05, 0) is 58.7 Å². The summed E-state index contributed by atoms with van der Waals surface area (Å²) in [5.41, 5.74) is 2.29. The van der Waals surface area contributed by atoms with Gasteiger partial charge in [-0.25, -0.2) is 4.39 Å². The van der Waals surface area contributed by atoms with E-state index in [-0.39, 0.29) is 5.82 Å². The molecule has 2 rings (SSSR count). The average molecular weight is 324 g/mol. The van der Waals surface area contributed by atoms with Crippen LogP contribution < -0.4 is 10.1 Å². The van der Waals surface area contributed by atoms with Crippen LogP contribution in [0.3, 0.4) is 0 Å². The van der Waals surface area contributed by atoms with E-state index < -0.39 is 0 Å². The molecular weight excluding hydrogens is 309 g/mol. The second kappa shape index (κ2) is 6.57. The molecule has 0 saturated carbocycles. The normalized spacial score (nSPS) is 10.3. The fourth-order valence-corrected chi connectivity index (χ4v) is 2.17. The second-order valence-corrected chi connectivity index (χ2v) is 5.07. The van der Waals surface area contributed by atoms with Gasteiger partial charge in [0.1, 0.15) is 18.2 Å². The molecule has 0 unspecified atom stereocenters. The van der Waals surface area contributed by atoms with Crippen LogP contribution >= 0.6 is 15.9 Å². The van der Waals surface area contributed by atoms with Crippen molar-refractivity contribution in [3.05, 3.63) is 58.3 Å².